The Balaban J connectivity index is 1.47. The summed E-state index contributed by atoms with van der Waals surface area (Å²) in [4.78, 5) is 31.7. The molecule has 136 valence electrons. The molecular weight excluding hydrogens is 314 g/mol. The Labute approximate surface area is 150 Å². The fourth-order valence-corrected chi connectivity index (χ4v) is 4.07. The second-order valence-electron chi connectivity index (χ2n) is 7.25. The Hall–Kier alpha value is -1.91. The van der Waals surface area contributed by atoms with Gasteiger partial charge in [0.15, 0.2) is 0 Å². The van der Waals surface area contributed by atoms with Gasteiger partial charge in [-0.3, -0.25) is 14.6 Å². The highest BCUT2D eigenvalue weighted by Gasteiger charge is 2.38. The highest BCUT2D eigenvalue weighted by Crippen LogP contribution is 2.32. The molecule has 1 saturated heterocycles. The molecule has 2 amide bonds. The molecule has 2 aliphatic rings. The van der Waals surface area contributed by atoms with Gasteiger partial charge in [0, 0.05) is 43.4 Å². The van der Waals surface area contributed by atoms with Crippen molar-refractivity contribution in [1.82, 2.24) is 15.2 Å². The van der Waals surface area contributed by atoms with Crippen LogP contribution in [0.3, 0.4) is 0 Å². The molecule has 1 aliphatic heterocycles. The van der Waals surface area contributed by atoms with E-state index in [9.17, 15) is 9.59 Å². The van der Waals surface area contributed by atoms with E-state index in [0.717, 1.165) is 70.2 Å². The summed E-state index contributed by atoms with van der Waals surface area (Å²) in [6, 6.07) is 5.90. The first kappa shape index (κ1) is 17.9. The number of hydrogen-bond donors (Lipinski definition) is 1. The lowest BCUT2D eigenvalue weighted by Gasteiger charge is -2.32. The molecule has 2 heterocycles. The van der Waals surface area contributed by atoms with Crippen molar-refractivity contribution in [2.45, 2.75) is 51.4 Å². The standard InChI is InChI=1S/C20H29N3O2/c24-19(22-13-7-9-16-8-3-4-12-21-16)17-10-1-2-11-18(17)20(25)23-14-5-6-15-23/h3-4,8,12,17-18H,1-2,5-7,9-11,13-15H2,(H,22,24)/t17-,18+/m0/s1. The molecule has 2 fully saturated rings. The number of hydrogen-bond acceptors (Lipinski definition) is 3. The third kappa shape index (κ3) is 4.80. The van der Waals surface area contributed by atoms with E-state index in [1.165, 1.54) is 0 Å². The number of pyridine rings is 1. The van der Waals surface area contributed by atoms with Crippen molar-refractivity contribution in [2.24, 2.45) is 11.8 Å². The number of nitrogens with zero attached hydrogens (tertiary/aromatic N) is 2. The van der Waals surface area contributed by atoms with Gasteiger partial charge in [0.1, 0.15) is 0 Å². The van der Waals surface area contributed by atoms with E-state index < -0.39 is 0 Å². The van der Waals surface area contributed by atoms with Gasteiger partial charge >= 0.3 is 0 Å². The molecular formula is C20H29N3O2. The summed E-state index contributed by atoms with van der Waals surface area (Å²) in [6.07, 6.45) is 9.56. The molecule has 2 atom stereocenters. The lowest BCUT2D eigenvalue weighted by molar-refractivity contribution is -0.142. The van der Waals surface area contributed by atoms with Crippen molar-refractivity contribution >= 4 is 11.8 Å². The van der Waals surface area contributed by atoms with E-state index in [1.807, 2.05) is 23.1 Å². The van der Waals surface area contributed by atoms with E-state index >= 15 is 0 Å². The maximum Gasteiger partial charge on any atom is 0.226 e. The number of aromatic nitrogens is 1. The van der Waals surface area contributed by atoms with Gasteiger partial charge in [-0.05, 0) is 50.7 Å². The van der Waals surface area contributed by atoms with Crippen LogP contribution in [0.15, 0.2) is 24.4 Å². The molecule has 0 radical (unpaired) electrons. The Morgan fingerprint density at radius 3 is 2.56 bits per heavy atom. The zero-order valence-electron chi connectivity index (χ0n) is 15.0. The molecule has 1 saturated carbocycles. The van der Waals surface area contributed by atoms with Crippen LogP contribution in [-0.4, -0.2) is 41.3 Å². The maximum absolute atomic E-state index is 12.8. The minimum Gasteiger partial charge on any atom is -0.356 e. The van der Waals surface area contributed by atoms with E-state index in [4.69, 9.17) is 0 Å². The minimum atomic E-state index is -0.142. The monoisotopic (exact) mass is 343 g/mol. The molecule has 0 spiro atoms. The van der Waals surface area contributed by atoms with Gasteiger partial charge in [-0.1, -0.05) is 18.9 Å². The van der Waals surface area contributed by atoms with Crippen LogP contribution in [0, 0.1) is 11.8 Å². The number of rotatable bonds is 6. The highest BCUT2D eigenvalue weighted by atomic mass is 16.2. The first-order chi connectivity index (χ1) is 12.3. The quantitative estimate of drug-likeness (QED) is 0.808. The predicted octanol–water partition coefficient (Wildman–Crippen LogP) is 2.56. The third-order valence-electron chi connectivity index (χ3n) is 5.47. The molecule has 5 nitrogen and oxygen atoms in total. The third-order valence-corrected chi connectivity index (χ3v) is 5.47. The molecule has 0 bridgehead atoms. The number of likely N-dealkylation sites (tertiary alicyclic amines) is 1. The summed E-state index contributed by atoms with van der Waals surface area (Å²) < 4.78 is 0. The van der Waals surface area contributed by atoms with E-state index in [2.05, 4.69) is 10.3 Å². The Kier molecular flexibility index (Phi) is 6.42. The number of carbonyl (C=O) groups excluding carboxylic acids is 2. The maximum atomic E-state index is 12.8. The summed E-state index contributed by atoms with van der Waals surface area (Å²) >= 11 is 0. The molecule has 1 aromatic heterocycles. The van der Waals surface area contributed by atoms with Crippen LogP contribution in [0.2, 0.25) is 0 Å². The molecule has 25 heavy (non-hydrogen) atoms. The largest absolute Gasteiger partial charge is 0.356 e. The van der Waals surface area contributed by atoms with Gasteiger partial charge in [0.25, 0.3) is 0 Å². The van der Waals surface area contributed by atoms with Crippen molar-refractivity contribution < 1.29 is 9.59 Å². The van der Waals surface area contributed by atoms with Gasteiger partial charge in [0.05, 0.1) is 0 Å². The summed E-state index contributed by atoms with van der Waals surface area (Å²) in [7, 11) is 0. The van der Waals surface area contributed by atoms with Crippen LogP contribution < -0.4 is 5.32 Å². The zero-order valence-corrected chi connectivity index (χ0v) is 15.0. The average Bonchev–Trinajstić information content (AvgIpc) is 3.20. The van der Waals surface area contributed by atoms with Crippen LogP contribution in [0.1, 0.15) is 50.6 Å². The number of amides is 2. The van der Waals surface area contributed by atoms with Crippen molar-refractivity contribution in [1.29, 1.82) is 0 Å². The smallest absolute Gasteiger partial charge is 0.226 e. The lowest BCUT2D eigenvalue weighted by atomic mass is 9.78. The second kappa shape index (κ2) is 8.97. The van der Waals surface area contributed by atoms with Crippen molar-refractivity contribution in [2.75, 3.05) is 19.6 Å². The van der Waals surface area contributed by atoms with Crippen LogP contribution in [0.4, 0.5) is 0 Å². The van der Waals surface area contributed by atoms with E-state index in [1.54, 1.807) is 6.20 Å². The van der Waals surface area contributed by atoms with Gasteiger partial charge in [-0.25, -0.2) is 0 Å². The van der Waals surface area contributed by atoms with Gasteiger partial charge in [-0.2, -0.15) is 0 Å². The zero-order chi connectivity index (χ0) is 17.5. The fourth-order valence-electron chi connectivity index (χ4n) is 4.07. The summed E-state index contributed by atoms with van der Waals surface area (Å²) in [5.74, 6) is 0.0310. The van der Waals surface area contributed by atoms with E-state index in [-0.39, 0.29) is 23.7 Å². The first-order valence-corrected chi connectivity index (χ1v) is 9.72. The molecule has 1 aromatic rings. The molecule has 0 aromatic carbocycles. The van der Waals surface area contributed by atoms with E-state index in [0.29, 0.717) is 6.54 Å². The number of carbonyl (C=O) groups is 2. The molecule has 3 rings (SSSR count). The average molecular weight is 343 g/mol. The lowest BCUT2D eigenvalue weighted by Crippen LogP contribution is -2.44. The Morgan fingerprint density at radius 2 is 1.84 bits per heavy atom. The van der Waals surface area contributed by atoms with Gasteiger partial charge in [-0.15, -0.1) is 0 Å². The SMILES string of the molecule is O=C(NCCCc1ccccn1)[C@H]1CCCC[C@H]1C(=O)N1CCCC1. The second-order valence-corrected chi connectivity index (χ2v) is 7.25. The highest BCUT2D eigenvalue weighted by molar-refractivity contribution is 5.88. The fraction of sp³-hybridized carbons (Fsp3) is 0.650. The number of aryl methyl sites for hydroxylation is 1. The summed E-state index contributed by atoms with van der Waals surface area (Å²) in [6.45, 7) is 2.39. The van der Waals surface area contributed by atoms with Crippen LogP contribution in [0.5, 0.6) is 0 Å². The predicted molar refractivity (Wildman–Crippen MR) is 96.8 cm³/mol. The van der Waals surface area contributed by atoms with Crippen LogP contribution in [0.25, 0.3) is 0 Å². The van der Waals surface area contributed by atoms with Crippen LogP contribution in [-0.2, 0) is 16.0 Å². The summed E-state index contributed by atoms with van der Waals surface area (Å²) in [5.41, 5.74) is 1.05. The molecule has 1 aliphatic carbocycles. The minimum absolute atomic E-state index is 0.0678. The summed E-state index contributed by atoms with van der Waals surface area (Å²) in [5, 5.41) is 3.06. The number of nitrogens with one attached hydrogen (secondary N) is 1. The molecule has 0 unspecified atom stereocenters. The normalized spacial score (nSPS) is 23.4. The Morgan fingerprint density at radius 1 is 1.08 bits per heavy atom. The molecule has 5 heteroatoms. The van der Waals surface area contributed by atoms with Gasteiger partial charge < -0.3 is 10.2 Å². The Bertz CT molecular complexity index is 570. The van der Waals surface area contributed by atoms with Crippen molar-refractivity contribution in [3.8, 4) is 0 Å². The van der Waals surface area contributed by atoms with Crippen molar-refractivity contribution in [3.63, 3.8) is 0 Å². The van der Waals surface area contributed by atoms with Crippen molar-refractivity contribution in [3.05, 3.63) is 30.1 Å². The van der Waals surface area contributed by atoms with Gasteiger partial charge in [0.2, 0.25) is 11.8 Å². The van der Waals surface area contributed by atoms with Crippen LogP contribution >= 0.6 is 0 Å². The molecule has 1 N–H and O–H groups in total. The topological polar surface area (TPSA) is 62.3 Å². The first-order valence-electron chi connectivity index (χ1n) is 9.72.